The number of hydrogen-bond donors (Lipinski definition) is 1. The van der Waals surface area contributed by atoms with Crippen LogP contribution in [0.15, 0.2) is 59.6 Å². The van der Waals surface area contributed by atoms with Crippen molar-refractivity contribution in [1.29, 1.82) is 0 Å². The first kappa shape index (κ1) is 17.9. The fourth-order valence-corrected chi connectivity index (χ4v) is 3.88. The van der Waals surface area contributed by atoms with Crippen molar-refractivity contribution in [1.82, 2.24) is 24.6 Å². The molecule has 4 aromatic rings. The van der Waals surface area contributed by atoms with Gasteiger partial charge in [-0.15, -0.1) is 0 Å². The molecule has 0 fully saturated rings. The van der Waals surface area contributed by atoms with Crippen LogP contribution < -0.4 is 5.32 Å². The number of halogens is 2. The van der Waals surface area contributed by atoms with Crippen LogP contribution in [-0.2, 0) is 6.42 Å². The average Bonchev–Trinajstić information content (AvgIpc) is 3.32. The molecule has 0 aliphatic heterocycles. The standard InChI is InChI=1S/C21H16BrFN6/c22-17-12-27-29-19(9-18(28-21(17)29)15-8-16(23)11-24-10-15)25-7-5-14-4-3-13-2-1-6-26-20(13)14/h1-2,4,6,8-12,25H,3,5,7H2. The minimum atomic E-state index is -0.398. The van der Waals surface area contributed by atoms with Crippen LogP contribution in [-0.4, -0.2) is 31.1 Å². The lowest BCUT2D eigenvalue weighted by Gasteiger charge is -2.11. The van der Waals surface area contributed by atoms with Crippen molar-refractivity contribution in [2.45, 2.75) is 12.8 Å². The molecule has 4 heterocycles. The van der Waals surface area contributed by atoms with E-state index in [1.165, 1.54) is 23.4 Å². The zero-order valence-corrected chi connectivity index (χ0v) is 16.9. The van der Waals surface area contributed by atoms with Crippen molar-refractivity contribution >= 4 is 33.0 Å². The molecule has 6 nitrogen and oxygen atoms in total. The summed E-state index contributed by atoms with van der Waals surface area (Å²) < 4.78 is 16.1. The third-order valence-electron chi connectivity index (χ3n) is 4.89. The molecular weight excluding hydrogens is 435 g/mol. The van der Waals surface area contributed by atoms with Crippen LogP contribution in [0.25, 0.3) is 22.5 Å². The van der Waals surface area contributed by atoms with Crippen LogP contribution in [0.1, 0.15) is 17.7 Å². The minimum Gasteiger partial charge on any atom is -0.370 e. The molecule has 4 aromatic heterocycles. The van der Waals surface area contributed by atoms with E-state index in [-0.39, 0.29) is 0 Å². The van der Waals surface area contributed by atoms with Crippen molar-refractivity contribution in [3.05, 3.63) is 76.7 Å². The highest BCUT2D eigenvalue weighted by atomic mass is 79.9. The van der Waals surface area contributed by atoms with E-state index in [9.17, 15) is 4.39 Å². The van der Waals surface area contributed by atoms with Gasteiger partial charge in [0.2, 0.25) is 0 Å². The Hall–Kier alpha value is -3.13. The third kappa shape index (κ3) is 3.40. The van der Waals surface area contributed by atoms with Crippen LogP contribution in [0, 0.1) is 5.82 Å². The Labute approximate surface area is 174 Å². The molecule has 0 atom stereocenters. The molecule has 0 unspecified atom stereocenters. The van der Waals surface area contributed by atoms with Crippen LogP contribution in [0.5, 0.6) is 0 Å². The van der Waals surface area contributed by atoms with E-state index in [0.29, 0.717) is 23.4 Å². The highest BCUT2D eigenvalue weighted by Crippen LogP contribution is 2.29. The van der Waals surface area contributed by atoms with Crippen LogP contribution >= 0.6 is 15.9 Å². The predicted molar refractivity (Wildman–Crippen MR) is 113 cm³/mol. The first-order valence-corrected chi connectivity index (χ1v) is 10.0. The highest BCUT2D eigenvalue weighted by Gasteiger charge is 2.16. The predicted octanol–water partition coefficient (Wildman–Crippen LogP) is 4.53. The number of anilines is 1. The molecule has 1 N–H and O–H groups in total. The Kier molecular flexibility index (Phi) is 4.55. The zero-order valence-electron chi connectivity index (χ0n) is 15.3. The Bertz CT molecular complexity index is 1250. The maximum absolute atomic E-state index is 13.6. The van der Waals surface area contributed by atoms with Crippen molar-refractivity contribution in [3.8, 4) is 11.3 Å². The lowest BCUT2D eigenvalue weighted by molar-refractivity contribution is 0.622. The van der Waals surface area contributed by atoms with Gasteiger partial charge in [0.25, 0.3) is 0 Å². The summed E-state index contributed by atoms with van der Waals surface area (Å²) in [5.74, 6) is 0.380. The summed E-state index contributed by atoms with van der Waals surface area (Å²) in [4.78, 5) is 13.0. The topological polar surface area (TPSA) is 68.0 Å². The summed E-state index contributed by atoms with van der Waals surface area (Å²) in [7, 11) is 0. The number of aromatic nitrogens is 5. The molecule has 1 aliphatic carbocycles. The van der Waals surface area contributed by atoms with E-state index in [1.807, 2.05) is 18.3 Å². The summed E-state index contributed by atoms with van der Waals surface area (Å²) in [6.45, 7) is 0.708. The minimum absolute atomic E-state index is 0.398. The van der Waals surface area contributed by atoms with Crippen molar-refractivity contribution in [3.63, 3.8) is 0 Å². The highest BCUT2D eigenvalue weighted by molar-refractivity contribution is 9.10. The van der Waals surface area contributed by atoms with Crippen LogP contribution in [0.4, 0.5) is 10.2 Å². The molecule has 0 saturated carbocycles. The Morgan fingerprint density at radius 3 is 3.03 bits per heavy atom. The smallest absolute Gasteiger partial charge is 0.172 e. The zero-order chi connectivity index (χ0) is 19.8. The quantitative estimate of drug-likeness (QED) is 0.483. The second kappa shape index (κ2) is 7.36. The summed E-state index contributed by atoms with van der Waals surface area (Å²) in [5, 5.41) is 7.83. The lowest BCUT2D eigenvalue weighted by atomic mass is 10.1. The number of fused-ring (bicyclic) bond motifs is 2. The fraction of sp³-hybridized carbons (Fsp3) is 0.143. The molecule has 1 aliphatic rings. The van der Waals surface area contributed by atoms with E-state index >= 15 is 0 Å². The molecule has 144 valence electrons. The number of allylic oxidation sites excluding steroid dienone is 1. The van der Waals surface area contributed by atoms with Gasteiger partial charge in [-0.2, -0.15) is 9.61 Å². The molecule has 0 amide bonds. The van der Waals surface area contributed by atoms with Gasteiger partial charge < -0.3 is 5.32 Å². The summed E-state index contributed by atoms with van der Waals surface area (Å²) >= 11 is 3.48. The van der Waals surface area contributed by atoms with E-state index in [2.05, 4.69) is 53.4 Å². The first-order valence-electron chi connectivity index (χ1n) is 9.21. The number of hydrogen-bond acceptors (Lipinski definition) is 5. The molecule has 0 saturated heterocycles. The van der Waals surface area contributed by atoms with Gasteiger partial charge in [-0.25, -0.2) is 9.37 Å². The maximum atomic E-state index is 13.6. The Morgan fingerprint density at radius 1 is 1.21 bits per heavy atom. The molecule has 0 bridgehead atoms. The number of rotatable bonds is 5. The SMILES string of the molecule is Fc1cncc(-c2cc(NCCC3=CCc4cccnc43)n3ncc(Br)c3n2)c1. The van der Waals surface area contributed by atoms with E-state index in [1.54, 1.807) is 16.9 Å². The van der Waals surface area contributed by atoms with E-state index < -0.39 is 5.82 Å². The van der Waals surface area contributed by atoms with E-state index in [4.69, 9.17) is 0 Å². The molecule has 0 aromatic carbocycles. The molecule has 0 spiro atoms. The van der Waals surface area contributed by atoms with Crippen molar-refractivity contribution < 1.29 is 4.39 Å². The normalized spacial score (nSPS) is 12.8. The van der Waals surface area contributed by atoms with Crippen molar-refractivity contribution in [2.24, 2.45) is 0 Å². The Morgan fingerprint density at radius 2 is 2.14 bits per heavy atom. The molecule has 8 heteroatoms. The molecule has 29 heavy (non-hydrogen) atoms. The van der Waals surface area contributed by atoms with Crippen LogP contribution in [0.2, 0.25) is 0 Å². The maximum Gasteiger partial charge on any atom is 0.172 e. The largest absolute Gasteiger partial charge is 0.370 e. The number of nitrogens with one attached hydrogen (secondary N) is 1. The summed E-state index contributed by atoms with van der Waals surface area (Å²) in [6, 6.07) is 7.37. The lowest BCUT2D eigenvalue weighted by Crippen LogP contribution is -2.09. The summed E-state index contributed by atoms with van der Waals surface area (Å²) in [6.07, 6.45) is 10.3. The van der Waals surface area contributed by atoms with E-state index in [0.717, 1.165) is 28.8 Å². The molecule has 5 rings (SSSR count). The third-order valence-corrected chi connectivity index (χ3v) is 5.45. The monoisotopic (exact) mass is 450 g/mol. The first-order chi connectivity index (χ1) is 14.2. The number of nitrogens with zero attached hydrogens (tertiary/aromatic N) is 5. The average molecular weight is 451 g/mol. The van der Waals surface area contributed by atoms with Gasteiger partial charge in [0.1, 0.15) is 11.6 Å². The summed E-state index contributed by atoms with van der Waals surface area (Å²) in [5.41, 5.74) is 5.49. The second-order valence-electron chi connectivity index (χ2n) is 6.77. The van der Waals surface area contributed by atoms with Gasteiger partial charge in [-0.05, 0) is 52.0 Å². The van der Waals surface area contributed by atoms with Gasteiger partial charge in [0.15, 0.2) is 5.65 Å². The Balaban J connectivity index is 1.42. The molecule has 0 radical (unpaired) electrons. The van der Waals surface area contributed by atoms with Gasteiger partial charge in [-0.1, -0.05) is 12.1 Å². The fourth-order valence-electron chi connectivity index (χ4n) is 3.53. The second-order valence-corrected chi connectivity index (χ2v) is 7.62. The van der Waals surface area contributed by atoms with Gasteiger partial charge in [-0.3, -0.25) is 9.97 Å². The van der Waals surface area contributed by atoms with Gasteiger partial charge in [0, 0.05) is 30.6 Å². The van der Waals surface area contributed by atoms with Crippen molar-refractivity contribution in [2.75, 3.05) is 11.9 Å². The van der Waals surface area contributed by atoms with Gasteiger partial charge >= 0.3 is 0 Å². The molecular formula is C21H16BrFN6. The van der Waals surface area contributed by atoms with Gasteiger partial charge in [0.05, 0.1) is 28.3 Å². The van der Waals surface area contributed by atoms with Crippen LogP contribution in [0.3, 0.4) is 0 Å². The number of pyridine rings is 2.